The molecule has 4 nitrogen and oxygen atoms in total. The van der Waals surface area contributed by atoms with Crippen molar-refractivity contribution in [2.24, 2.45) is 22.2 Å². The Hall–Kier alpha value is -1.06. The first-order chi connectivity index (χ1) is 10.1. The van der Waals surface area contributed by atoms with E-state index in [0.29, 0.717) is 23.2 Å². The fourth-order valence-electron chi connectivity index (χ4n) is 6.49. The smallest absolute Gasteiger partial charge is 0.303 e. The highest BCUT2D eigenvalue weighted by Gasteiger charge is 2.62. The largest absolute Gasteiger partial charge is 0.481 e. The van der Waals surface area contributed by atoms with E-state index in [1.165, 1.54) is 19.3 Å². The van der Waals surface area contributed by atoms with Crippen LogP contribution in [0, 0.1) is 22.2 Å². The standard InChI is InChI=1S/C18H29NO3/c1-12(4-5-14(20)21)19-15(22)18-8-13-6-16(2,10-18)9-17(3,7-13)11-18/h12-13H,4-11H2,1-3H3,(H,19,22)(H,20,21). The third kappa shape index (κ3) is 2.77. The molecule has 4 aliphatic rings. The molecule has 1 amide bonds. The molecule has 0 aromatic rings. The van der Waals surface area contributed by atoms with Crippen LogP contribution in [0.15, 0.2) is 0 Å². The molecule has 22 heavy (non-hydrogen) atoms. The van der Waals surface area contributed by atoms with Crippen molar-refractivity contribution >= 4 is 11.9 Å². The van der Waals surface area contributed by atoms with Crippen LogP contribution in [0.3, 0.4) is 0 Å². The average molecular weight is 307 g/mol. The van der Waals surface area contributed by atoms with E-state index in [2.05, 4.69) is 19.2 Å². The summed E-state index contributed by atoms with van der Waals surface area (Å²) in [4.78, 5) is 23.7. The minimum Gasteiger partial charge on any atom is -0.481 e. The first kappa shape index (κ1) is 15.8. The van der Waals surface area contributed by atoms with Crippen LogP contribution >= 0.6 is 0 Å². The Balaban J connectivity index is 1.71. The molecule has 4 saturated carbocycles. The molecule has 0 saturated heterocycles. The van der Waals surface area contributed by atoms with Crippen molar-refractivity contribution in [2.45, 2.75) is 78.2 Å². The Morgan fingerprint density at radius 3 is 2.23 bits per heavy atom. The Morgan fingerprint density at radius 2 is 1.73 bits per heavy atom. The zero-order valence-corrected chi connectivity index (χ0v) is 14.1. The number of amides is 1. The van der Waals surface area contributed by atoms with Gasteiger partial charge >= 0.3 is 5.97 Å². The number of nitrogens with one attached hydrogen (secondary N) is 1. The zero-order valence-electron chi connectivity index (χ0n) is 14.1. The molecule has 0 spiro atoms. The molecule has 4 bridgehead atoms. The number of carboxylic acids is 1. The van der Waals surface area contributed by atoms with Gasteiger partial charge in [-0.1, -0.05) is 13.8 Å². The summed E-state index contributed by atoms with van der Waals surface area (Å²) in [5.74, 6) is 0.0918. The fourth-order valence-corrected chi connectivity index (χ4v) is 6.49. The van der Waals surface area contributed by atoms with Gasteiger partial charge in [-0.05, 0) is 68.6 Å². The van der Waals surface area contributed by atoms with Crippen LogP contribution in [0.25, 0.3) is 0 Å². The maximum atomic E-state index is 13.0. The molecule has 3 atom stereocenters. The molecule has 0 heterocycles. The highest BCUT2D eigenvalue weighted by atomic mass is 16.4. The van der Waals surface area contributed by atoms with Crippen molar-refractivity contribution < 1.29 is 14.7 Å². The van der Waals surface area contributed by atoms with Gasteiger partial charge in [0.05, 0.1) is 5.41 Å². The minimum absolute atomic E-state index is 0.0581. The lowest BCUT2D eigenvalue weighted by atomic mass is 9.40. The molecule has 2 N–H and O–H groups in total. The third-order valence-electron chi connectivity index (χ3n) is 6.28. The van der Waals surface area contributed by atoms with Gasteiger partial charge in [0.1, 0.15) is 0 Å². The number of aliphatic carboxylic acids is 1. The second-order valence-electron chi connectivity index (χ2n) is 9.22. The molecular formula is C18H29NO3. The first-order valence-electron chi connectivity index (χ1n) is 8.67. The molecule has 0 aromatic heterocycles. The summed E-state index contributed by atoms with van der Waals surface area (Å²) in [6.45, 7) is 6.65. The van der Waals surface area contributed by atoms with E-state index < -0.39 is 5.97 Å². The van der Waals surface area contributed by atoms with Crippen LogP contribution in [-0.2, 0) is 9.59 Å². The van der Waals surface area contributed by atoms with Crippen molar-refractivity contribution in [3.63, 3.8) is 0 Å². The number of carboxylic acid groups (broad SMARTS) is 1. The van der Waals surface area contributed by atoms with E-state index in [4.69, 9.17) is 5.11 Å². The van der Waals surface area contributed by atoms with E-state index in [1.54, 1.807) is 0 Å². The normalized spacial score (nSPS) is 43.9. The van der Waals surface area contributed by atoms with Crippen molar-refractivity contribution in [1.82, 2.24) is 5.32 Å². The van der Waals surface area contributed by atoms with Crippen molar-refractivity contribution in [3.05, 3.63) is 0 Å². The van der Waals surface area contributed by atoms with Gasteiger partial charge in [-0.3, -0.25) is 9.59 Å². The highest BCUT2D eigenvalue weighted by Crippen LogP contribution is 2.69. The lowest BCUT2D eigenvalue weighted by Gasteiger charge is -2.64. The van der Waals surface area contributed by atoms with E-state index in [0.717, 1.165) is 19.3 Å². The number of carbonyl (C=O) groups excluding carboxylic acids is 1. The van der Waals surface area contributed by atoms with Gasteiger partial charge in [0.25, 0.3) is 0 Å². The first-order valence-corrected chi connectivity index (χ1v) is 8.67. The number of hydrogen-bond donors (Lipinski definition) is 2. The van der Waals surface area contributed by atoms with Gasteiger partial charge in [-0.15, -0.1) is 0 Å². The molecular weight excluding hydrogens is 278 g/mol. The van der Waals surface area contributed by atoms with Crippen molar-refractivity contribution in [2.75, 3.05) is 0 Å². The van der Waals surface area contributed by atoms with Crippen LogP contribution in [0.2, 0.25) is 0 Å². The molecule has 0 aromatic carbocycles. The van der Waals surface area contributed by atoms with Gasteiger partial charge in [-0.25, -0.2) is 0 Å². The summed E-state index contributed by atoms with van der Waals surface area (Å²) >= 11 is 0. The molecule has 4 fully saturated rings. The number of rotatable bonds is 5. The Morgan fingerprint density at radius 1 is 1.14 bits per heavy atom. The van der Waals surface area contributed by atoms with Gasteiger partial charge in [0.2, 0.25) is 5.91 Å². The molecule has 3 unspecified atom stereocenters. The summed E-state index contributed by atoms with van der Waals surface area (Å²) in [5.41, 5.74) is 0.464. The summed E-state index contributed by atoms with van der Waals surface area (Å²) < 4.78 is 0. The monoisotopic (exact) mass is 307 g/mol. The maximum Gasteiger partial charge on any atom is 0.303 e. The molecule has 0 radical (unpaired) electrons. The maximum absolute atomic E-state index is 13.0. The molecule has 4 heteroatoms. The lowest BCUT2D eigenvalue weighted by molar-refractivity contribution is -0.170. The Kier molecular flexibility index (Phi) is 3.57. The number of hydrogen-bond acceptors (Lipinski definition) is 2. The summed E-state index contributed by atoms with van der Waals surface area (Å²) in [7, 11) is 0. The summed E-state index contributed by atoms with van der Waals surface area (Å²) in [6.07, 6.45) is 7.53. The molecule has 4 aliphatic carbocycles. The Bertz CT molecular complexity index is 483. The van der Waals surface area contributed by atoms with Crippen LogP contribution in [0.1, 0.15) is 72.1 Å². The predicted molar refractivity (Wildman–Crippen MR) is 84.3 cm³/mol. The topological polar surface area (TPSA) is 66.4 Å². The van der Waals surface area contributed by atoms with Crippen LogP contribution in [-0.4, -0.2) is 23.0 Å². The van der Waals surface area contributed by atoms with Crippen LogP contribution in [0.5, 0.6) is 0 Å². The highest BCUT2D eigenvalue weighted by molar-refractivity contribution is 5.83. The van der Waals surface area contributed by atoms with Gasteiger partial charge in [0, 0.05) is 12.5 Å². The van der Waals surface area contributed by atoms with E-state index in [-0.39, 0.29) is 23.8 Å². The van der Waals surface area contributed by atoms with E-state index in [9.17, 15) is 9.59 Å². The van der Waals surface area contributed by atoms with Crippen molar-refractivity contribution in [1.29, 1.82) is 0 Å². The lowest BCUT2D eigenvalue weighted by Crippen LogP contribution is -2.60. The second-order valence-corrected chi connectivity index (χ2v) is 9.22. The van der Waals surface area contributed by atoms with Crippen LogP contribution in [0.4, 0.5) is 0 Å². The zero-order chi connectivity index (χ0) is 16.2. The molecule has 4 rings (SSSR count). The molecule has 0 aliphatic heterocycles. The quantitative estimate of drug-likeness (QED) is 0.818. The number of carbonyl (C=O) groups is 2. The second kappa shape index (κ2) is 4.97. The average Bonchev–Trinajstić information content (AvgIpc) is 2.31. The fraction of sp³-hybridized carbons (Fsp3) is 0.889. The van der Waals surface area contributed by atoms with E-state index in [1.807, 2.05) is 6.92 Å². The van der Waals surface area contributed by atoms with Gasteiger partial charge in [-0.2, -0.15) is 0 Å². The summed E-state index contributed by atoms with van der Waals surface area (Å²) in [5, 5.41) is 11.9. The van der Waals surface area contributed by atoms with Crippen LogP contribution < -0.4 is 5.32 Å². The van der Waals surface area contributed by atoms with Gasteiger partial charge < -0.3 is 10.4 Å². The third-order valence-corrected chi connectivity index (χ3v) is 6.28. The van der Waals surface area contributed by atoms with E-state index >= 15 is 0 Å². The minimum atomic E-state index is -0.795. The summed E-state index contributed by atoms with van der Waals surface area (Å²) in [6, 6.07) is -0.0581. The Labute approximate surface area is 133 Å². The molecule has 124 valence electrons. The van der Waals surface area contributed by atoms with Crippen molar-refractivity contribution in [3.8, 4) is 0 Å². The SMILES string of the molecule is CC(CCC(=O)O)NC(=O)C12CC3CC(C)(CC(C)(C3)C1)C2. The van der Waals surface area contributed by atoms with Gasteiger partial charge in [0.15, 0.2) is 0 Å². The predicted octanol–water partition coefficient (Wildman–Crippen LogP) is 3.35.